The molecule has 1 aromatic heterocycles. The first-order valence-corrected chi connectivity index (χ1v) is 8.71. The molecule has 3 heterocycles. The van der Waals surface area contributed by atoms with Crippen LogP contribution in [0.4, 0.5) is 5.95 Å². The van der Waals surface area contributed by atoms with Crippen molar-refractivity contribution in [2.24, 2.45) is 4.99 Å². The average Bonchev–Trinajstić information content (AvgIpc) is 2.68. The van der Waals surface area contributed by atoms with Gasteiger partial charge in [-0.3, -0.25) is 14.7 Å². The number of phenolic OH excluding ortho intramolecular Hbond substituents is 1. The number of anilines is 1. The molecular weight excluding hydrogens is 350 g/mol. The number of hydrogen-bond acceptors (Lipinski definition) is 8. The SMILES string of the molecule is COc1cc([C@H]2N=C(N3CCOCC3)Nc3nc(C)cc(=O)n32)ccc1O. The summed E-state index contributed by atoms with van der Waals surface area (Å²) in [5, 5.41) is 13.1. The normalized spacial score (nSPS) is 19.1. The van der Waals surface area contributed by atoms with Gasteiger partial charge in [-0.25, -0.2) is 9.98 Å². The number of guanidine groups is 1. The van der Waals surface area contributed by atoms with Crippen molar-refractivity contribution in [3.8, 4) is 11.5 Å². The first-order valence-electron chi connectivity index (χ1n) is 8.71. The van der Waals surface area contributed by atoms with E-state index in [0.717, 1.165) is 0 Å². The monoisotopic (exact) mass is 371 g/mol. The number of nitrogens with one attached hydrogen (secondary N) is 1. The number of aryl methyl sites for hydroxylation is 1. The predicted octanol–water partition coefficient (Wildman–Crippen LogP) is 0.927. The molecule has 1 saturated heterocycles. The van der Waals surface area contributed by atoms with Crippen molar-refractivity contribution in [3.05, 3.63) is 45.9 Å². The van der Waals surface area contributed by atoms with Crippen LogP contribution in [0.5, 0.6) is 11.5 Å². The summed E-state index contributed by atoms with van der Waals surface area (Å²) in [6.07, 6.45) is -0.616. The zero-order chi connectivity index (χ0) is 19.0. The molecule has 1 fully saturated rings. The number of hydrogen-bond donors (Lipinski definition) is 2. The lowest BCUT2D eigenvalue weighted by atomic mass is 10.1. The molecule has 0 unspecified atom stereocenters. The van der Waals surface area contributed by atoms with Crippen LogP contribution in [-0.4, -0.2) is 58.9 Å². The minimum atomic E-state index is -0.616. The second kappa shape index (κ2) is 6.92. The van der Waals surface area contributed by atoms with Gasteiger partial charge in [-0.2, -0.15) is 0 Å². The van der Waals surface area contributed by atoms with Gasteiger partial charge in [0.25, 0.3) is 5.56 Å². The van der Waals surface area contributed by atoms with E-state index in [-0.39, 0.29) is 11.3 Å². The van der Waals surface area contributed by atoms with E-state index in [0.29, 0.717) is 55.2 Å². The quantitative estimate of drug-likeness (QED) is 0.810. The number of morpholine rings is 1. The van der Waals surface area contributed by atoms with Gasteiger partial charge in [-0.1, -0.05) is 6.07 Å². The fraction of sp³-hybridized carbons (Fsp3) is 0.389. The third-order valence-corrected chi connectivity index (χ3v) is 4.61. The number of aromatic nitrogens is 2. The van der Waals surface area contributed by atoms with E-state index in [1.165, 1.54) is 23.8 Å². The zero-order valence-corrected chi connectivity index (χ0v) is 15.2. The highest BCUT2D eigenvalue weighted by Gasteiger charge is 2.28. The molecule has 142 valence electrons. The second-order valence-electron chi connectivity index (χ2n) is 6.41. The fourth-order valence-corrected chi connectivity index (χ4v) is 3.25. The molecule has 0 bridgehead atoms. The van der Waals surface area contributed by atoms with Gasteiger partial charge in [0.2, 0.25) is 11.9 Å². The summed E-state index contributed by atoms with van der Waals surface area (Å²) in [5.41, 5.74) is 1.14. The number of methoxy groups -OCH3 is 1. The number of rotatable bonds is 2. The Kier molecular flexibility index (Phi) is 4.44. The maximum Gasteiger partial charge on any atom is 0.257 e. The van der Waals surface area contributed by atoms with Crippen molar-refractivity contribution >= 4 is 11.9 Å². The van der Waals surface area contributed by atoms with Gasteiger partial charge in [-0.05, 0) is 19.1 Å². The highest BCUT2D eigenvalue weighted by molar-refractivity contribution is 5.93. The van der Waals surface area contributed by atoms with Crippen molar-refractivity contribution < 1.29 is 14.6 Å². The Labute approximate surface area is 155 Å². The average molecular weight is 371 g/mol. The summed E-state index contributed by atoms with van der Waals surface area (Å²) < 4.78 is 12.1. The second-order valence-corrected chi connectivity index (χ2v) is 6.41. The molecule has 27 heavy (non-hydrogen) atoms. The summed E-state index contributed by atoms with van der Waals surface area (Å²) in [4.78, 5) is 24.0. The molecule has 0 radical (unpaired) electrons. The van der Waals surface area contributed by atoms with Crippen LogP contribution in [0.3, 0.4) is 0 Å². The number of benzene rings is 1. The molecule has 1 atom stereocenters. The lowest BCUT2D eigenvalue weighted by Gasteiger charge is -2.34. The van der Waals surface area contributed by atoms with Crippen molar-refractivity contribution in [2.45, 2.75) is 13.1 Å². The molecule has 9 heteroatoms. The summed E-state index contributed by atoms with van der Waals surface area (Å²) >= 11 is 0. The Hall–Kier alpha value is -3.07. The van der Waals surface area contributed by atoms with Gasteiger partial charge in [0.05, 0.1) is 20.3 Å². The van der Waals surface area contributed by atoms with Crippen LogP contribution < -0.4 is 15.6 Å². The van der Waals surface area contributed by atoms with E-state index in [9.17, 15) is 9.90 Å². The number of ether oxygens (including phenoxy) is 2. The van der Waals surface area contributed by atoms with Gasteiger partial charge in [0.1, 0.15) is 0 Å². The van der Waals surface area contributed by atoms with Gasteiger partial charge in [0.15, 0.2) is 17.7 Å². The molecule has 4 rings (SSSR count). The Morgan fingerprint density at radius 2 is 2.07 bits per heavy atom. The minimum absolute atomic E-state index is 0.0298. The molecule has 0 saturated carbocycles. The smallest absolute Gasteiger partial charge is 0.257 e. The Bertz CT molecular complexity index is 949. The Morgan fingerprint density at radius 3 is 2.81 bits per heavy atom. The van der Waals surface area contributed by atoms with Crippen LogP contribution in [0.25, 0.3) is 0 Å². The van der Waals surface area contributed by atoms with Crippen molar-refractivity contribution in [1.29, 1.82) is 0 Å². The summed E-state index contributed by atoms with van der Waals surface area (Å²) in [6, 6.07) is 6.42. The van der Waals surface area contributed by atoms with Crippen LogP contribution in [0.2, 0.25) is 0 Å². The third-order valence-electron chi connectivity index (χ3n) is 4.61. The minimum Gasteiger partial charge on any atom is -0.504 e. The first kappa shape index (κ1) is 17.3. The highest BCUT2D eigenvalue weighted by Crippen LogP contribution is 2.33. The Balaban J connectivity index is 1.84. The van der Waals surface area contributed by atoms with E-state index in [2.05, 4.69) is 15.2 Å². The van der Waals surface area contributed by atoms with E-state index < -0.39 is 6.17 Å². The topological polar surface area (TPSA) is 101 Å². The summed E-state index contributed by atoms with van der Waals surface area (Å²) in [5.74, 6) is 1.44. The van der Waals surface area contributed by atoms with Crippen LogP contribution in [0.1, 0.15) is 17.4 Å². The van der Waals surface area contributed by atoms with E-state index in [1.807, 2.05) is 0 Å². The summed E-state index contributed by atoms with van der Waals surface area (Å²) in [6.45, 7) is 4.42. The van der Waals surface area contributed by atoms with Crippen molar-refractivity contribution in [1.82, 2.24) is 14.5 Å². The fourth-order valence-electron chi connectivity index (χ4n) is 3.25. The number of aromatic hydroxyl groups is 1. The summed E-state index contributed by atoms with van der Waals surface area (Å²) in [7, 11) is 1.48. The van der Waals surface area contributed by atoms with E-state index in [4.69, 9.17) is 14.5 Å². The maximum absolute atomic E-state index is 12.7. The zero-order valence-electron chi connectivity index (χ0n) is 15.2. The lowest BCUT2D eigenvalue weighted by Crippen LogP contribution is -2.47. The van der Waals surface area contributed by atoms with Crippen LogP contribution in [0.15, 0.2) is 34.1 Å². The molecule has 2 aliphatic rings. The molecule has 0 aliphatic carbocycles. The standard InChI is InChI=1S/C18H21N5O4/c1-11-9-15(25)23-16(12-3-4-13(24)14(10-12)26-2)20-17(21-18(23)19-11)22-5-7-27-8-6-22/h3-4,9-10,16,24H,5-8H2,1-2H3,(H,19,20,21)/t16-/m0/s1. The number of nitrogens with zero attached hydrogens (tertiary/aromatic N) is 4. The predicted molar refractivity (Wildman–Crippen MR) is 99.5 cm³/mol. The van der Waals surface area contributed by atoms with Crippen LogP contribution >= 0.6 is 0 Å². The van der Waals surface area contributed by atoms with Gasteiger partial charge < -0.3 is 19.5 Å². The van der Waals surface area contributed by atoms with Crippen molar-refractivity contribution in [2.75, 3.05) is 38.7 Å². The van der Waals surface area contributed by atoms with Crippen LogP contribution in [-0.2, 0) is 4.74 Å². The number of fused-ring (bicyclic) bond motifs is 1. The molecule has 9 nitrogen and oxygen atoms in total. The third kappa shape index (κ3) is 3.21. The molecular formula is C18H21N5O4. The number of aliphatic imine (C=N–C) groups is 1. The van der Waals surface area contributed by atoms with E-state index in [1.54, 1.807) is 19.1 Å². The molecule has 2 N–H and O–H groups in total. The Morgan fingerprint density at radius 1 is 1.30 bits per heavy atom. The van der Waals surface area contributed by atoms with Gasteiger partial charge in [0, 0.05) is 30.4 Å². The molecule has 0 spiro atoms. The van der Waals surface area contributed by atoms with Crippen LogP contribution in [0, 0.1) is 6.92 Å². The van der Waals surface area contributed by atoms with Crippen molar-refractivity contribution in [3.63, 3.8) is 0 Å². The van der Waals surface area contributed by atoms with Gasteiger partial charge in [-0.15, -0.1) is 0 Å². The lowest BCUT2D eigenvalue weighted by molar-refractivity contribution is 0.0675. The molecule has 1 aromatic carbocycles. The first-order chi connectivity index (χ1) is 13.1. The molecule has 2 aromatic rings. The van der Waals surface area contributed by atoms with Gasteiger partial charge >= 0.3 is 0 Å². The molecule has 0 amide bonds. The number of phenols is 1. The largest absolute Gasteiger partial charge is 0.504 e. The van der Waals surface area contributed by atoms with E-state index >= 15 is 0 Å². The highest BCUT2D eigenvalue weighted by atomic mass is 16.5. The maximum atomic E-state index is 12.7. The molecule has 2 aliphatic heterocycles.